The molecule has 3 nitrogen and oxygen atoms in total. The zero-order valence-corrected chi connectivity index (χ0v) is 7.99. The number of carbonyl (C=O) groups is 2. The minimum absolute atomic E-state index is 0.352. The van der Waals surface area contributed by atoms with Crippen LogP contribution in [0.15, 0.2) is 36.9 Å². The van der Waals surface area contributed by atoms with Crippen LogP contribution in [-0.2, 0) is 9.59 Å². The van der Waals surface area contributed by atoms with Gasteiger partial charge in [-0.25, -0.2) is 0 Å². The normalized spacial score (nSPS) is 14.8. The van der Waals surface area contributed by atoms with Gasteiger partial charge in [-0.3, -0.25) is 14.9 Å². The van der Waals surface area contributed by atoms with Crippen molar-refractivity contribution in [3.63, 3.8) is 0 Å². The van der Waals surface area contributed by atoms with Gasteiger partial charge in [-0.1, -0.05) is 36.9 Å². The molecule has 1 N–H and O–H groups in total. The number of amides is 2. The molecule has 2 rings (SSSR count). The van der Waals surface area contributed by atoms with Gasteiger partial charge in [-0.05, 0) is 11.1 Å². The maximum Gasteiger partial charge on any atom is 0.258 e. The van der Waals surface area contributed by atoms with Crippen LogP contribution in [0.3, 0.4) is 0 Å². The zero-order valence-electron chi connectivity index (χ0n) is 7.99. The third-order valence-corrected chi connectivity index (χ3v) is 2.23. The molecule has 2 amide bonds. The summed E-state index contributed by atoms with van der Waals surface area (Å²) in [4.78, 5) is 22.4. The minimum atomic E-state index is -0.367. The van der Waals surface area contributed by atoms with E-state index in [0.717, 1.165) is 11.1 Å². The van der Waals surface area contributed by atoms with Gasteiger partial charge in [-0.2, -0.15) is 0 Å². The second-order valence-corrected chi connectivity index (χ2v) is 3.17. The molecule has 1 aromatic rings. The van der Waals surface area contributed by atoms with Crippen molar-refractivity contribution in [1.29, 1.82) is 0 Å². The molecule has 0 spiro atoms. The Hall–Kier alpha value is -2.16. The van der Waals surface area contributed by atoms with Crippen molar-refractivity contribution in [2.24, 2.45) is 0 Å². The van der Waals surface area contributed by atoms with Crippen molar-refractivity contribution < 1.29 is 9.59 Å². The molecule has 3 heteroatoms. The number of benzene rings is 1. The third-order valence-electron chi connectivity index (χ3n) is 2.23. The summed E-state index contributed by atoms with van der Waals surface area (Å²) in [7, 11) is 0. The fourth-order valence-electron chi connectivity index (χ4n) is 1.53. The first-order valence-electron chi connectivity index (χ1n) is 4.51. The van der Waals surface area contributed by atoms with Crippen LogP contribution in [0, 0.1) is 0 Å². The summed E-state index contributed by atoms with van der Waals surface area (Å²) in [6, 6.07) is 7.31. The number of hydrogen-bond donors (Lipinski definition) is 1. The SMILES string of the molecule is C=Cc1ccccc1C1=CC(=O)NC1=O. The molecule has 0 aromatic heterocycles. The van der Waals surface area contributed by atoms with Gasteiger partial charge in [0.1, 0.15) is 0 Å². The lowest BCUT2D eigenvalue weighted by Crippen LogP contribution is -2.21. The first-order chi connectivity index (χ1) is 7.22. The molecular weight excluding hydrogens is 190 g/mol. The number of imide groups is 1. The van der Waals surface area contributed by atoms with Gasteiger partial charge in [0.15, 0.2) is 0 Å². The molecule has 0 fully saturated rings. The highest BCUT2D eigenvalue weighted by Gasteiger charge is 2.22. The van der Waals surface area contributed by atoms with Crippen molar-refractivity contribution >= 4 is 23.5 Å². The average Bonchev–Trinajstić information content (AvgIpc) is 2.57. The van der Waals surface area contributed by atoms with E-state index in [1.165, 1.54) is 6.08 Å². The molecule has 0 atom stereocenters. The number of nitrogens with one attached hydrogen (secondary N) is 1. The lowest BCUT2D eigenvalue weighted by molar-refractivity contribution is -0.123. The topological polar surface area (TPSA) is 46.2 Å². The van der Waals surface area contributed by atoms with E-state index in [9.17, 15) is 9.59 Å². The summed E-state index contributed by atoms with van der Waals surface area (Å²) >= 11 is 0. The summed E-state index contributed by atoms with van der Waals surface area (Å²) in [6.45, 7) is 3.66. The first-order valence-corrected chi connectivity index (χ1v) is 4.51. The molecule has 1 aliphatic rings. The smallest absolute Gasteiger partial charge is 0.258 e. The minimum Gasteiger partial charge on any atom is -0.289 e. The van der Waals surface area contributed by atoms with Gasteiger partial charge >= 0.3 is 0 Å². The van der Waals surface area contributed by atoms with Crippen molar-refractivity contribution in [3.8, 4) is 0 Å². The molecule has 0 saturated heterocycles. The van der Waals surface area contributed by atoms with E-state index in [0.29, 0.717) is 5.57 Å². The van der Waals surface area contributed by atoms with Gasteiger partial charge < -0.3 is 0 Å². The molecule has 0 bridgehead atoms. The molecule has 1 aromatic carbocycles. The van der Waals surface area contributed by atoms with E-state index >= 15 is 0 Å². The van der Waals surface area contributed by atoms with Gasteiger partial charge in [0, 0.05) is 6.08 Å². The molecule has 0 aliphatic carbocycles. The van der Waals surface area contributed by atoms with Gasteiger partial charge in [0.2, 0.25) is 0 Å². The maximum atomic E-state index is 11.4. The Kier molecular flexibility index (Phi) is 2.21. The van der Waals surface area contributed by atoms with E-state index in [-0.39, 0.29) is 11.8 Å². The molecule has 0 saturated carbocycles. The van der Waals surface area contributed by atoms with Gasteiger partial charge in [0.05, 0.1) is 5.57 Å². The summed E-state index contributed by atoms with van der Waals surface area (Å²) in [6.07, 6.45) is 2.97. The molecule has 1 aliphatic heterocycles. The summed E-state index contributed by atoms with van der Waals surface area (Å²) in [5.74, 6) is -0.719. The Morgan fingerprint density at radius 1 is 1.20 bits per heavy atom. The number of carbonyl (C=O) groups excluding carboxylic acids is 2. The van der Waals surface area contributed by atoms with Crippen molar-refractivity contribution in [2.75, 3.05) is 0 Å². The molecule has 1 heterocycles. The Bertz CT molecular complexity index is 486. The van der Waals surface area contributed by atoms with Crippen molar-refractivity contribution in [3.05, 3.63) is 48.0 Å². The standard InChI is InChI=1S/C12H9NO2/c1-2-8-5-3-4-6-9(8)10-7-11(14)13-12(10)15/h2-7H,1H2,(H,13,14,15). The van der Waals surface area contributed by atoms with Crippen molar-refractivity contribution in [1.82, 2.24) is 5.32 Å². The Morgan fingerprint density at radius 3 is 2.53 bits per heavy atom. The fraction of sp³-hybridized carbons (Fsp3) is 0. The summed E-state index contributed by atoms with van der Waals surface area (Å²) < 4.78 is 0. The van der Waals surface area contributed by atoms with Crippen LogP contribution < -0.4 is 5.32 Å². The lowest BCUT2D eigenvalue weighted by Gasteiger charge is -2.04. The highest BCUT2D eigenvalue weighted by Crippen LogP contribution is 2.22. The Morgan fingerprint density at radius 2 is 1.93 bits per heavy atom. The molecule has 0 unspecified atom stereocenters. The van der Waals surface area contributed by atoms with Crippen LogP contribution in [0.5, 0.6) is 0 Å². The number of hydrogen-bond acceptors (Lipinski definition) is 2. The van der Waals surface area contributed by atoms with E-state index in [4.69, 9.17) is 0 Å². The second-order valence-electron chi connectivity index (χ2n) is 3.17. The Labute approximate surface area is 87.1 Å². The van der Waals surface area contributed by atoms with E-state index in [2.05, 4.69) is 11.9 Å². The summed E-state index contributed by atoms with van der Waals surface area (Å²) in [5, 5.41) is 2.21. The van der Waals surface area contributed by atoms with Crippen LogP contribution in [0.1, 0.15) is 11.1 Å². The maximum absolute atomic E-state index is 11.4. The summed E-state index contributed by atoms with van der Waals surface area (Å²) in [5.41, 5.74) is 1.97. The predicted octanol–water partition coefficient (Wildman–Crippen LogP) is 1.37. The van der Waals surface area contributed by atoms with E-state index < -0.39 is 0 Å². The van der Waals surface area contributed by atoms with Crippen LogP contribution in [0.25, 0.3) is 11.6 Å². The van der Waals surface area contributed by atoms with Gasteiger partial charge in [0.25, 0.3) is 11.8 Å². The monoisotopic (exact) mass is 199 g/mol. The van der Waals surface area contributed by atoms with E-state index in [1.54, 1.807) is 12.1 Å². The van der Waals surface area contributed by atoms with Crippen LogP contribution >= 0.6 is 0 Å². The quantitative estimate of drug-likeness (QED) is 0.731. The lowest BCUT2D eigenvalue weighted by atomic mass is 10.00. The second kappa shape index (κ2) is 3.53. The predicted molar refractivity (Wildman–Crippen MR) is 57.7 cm³/mol. The molecule has 74 valence electrons. The van der Waals surface area contributed by atoms with Crippen LogP contribution in [-0.4, -0.2) is 11.8 Å². The van der Waals surface area contributed by atoms with Crippen LogP contribution in [0.2, 0.25) is 0 Å². The van der Waals surface area contributed by atoms with Gasteiger partial charge in [-0.15, -0.1) is 0 Å². The molecule has 15 heavy (non-hydrogen) atoms. The number of rotatable bonds is 2. The molecular formula is C12H9NO2. The van der Waals surface area contributed by atoms with E-state index in [1.807, 2.05) is 18.2 Å². The highest BCUT2D eigenvalue weighted by molar-refractivity contribution is 6.33. The van der Waals surface area contributed by atoms with Crippen LogP contribution in [0.4, 0.5) is 0 Å². The third kappa shape index (κ3) is 1.59. The largest absolute Gasteiger partial charge is 0.289 e. The molecule has 0 radical (unpaired) electrons. The average molecular weight is 199 g/mol. The first kappa shape index (κ1) is 9.40. The fourth-order valence-corrected chi connectivity index (χ4v) is 1.53. The Balaban J connectivity index is 2.54. The van der Waals surface area contributed by atoms with Crippen molar-refractivity contribution in [2.45, 2.75) is 0 Å². The zero-order chi connectivity index (χ0) is 10.8. The highest BCUT2D eigenvalue weighted by atomic mass is 16.2.